The van der Waals surface area contributed by atoms with E-state index in [1.807, 2.05) is 0 Å². The number of aliphatic hydroxyl groups excluding tert-OH is 1. The van der Waals surface area contributed by atoms with Crippen molar-refractivity contribution in [3.63, 3.8) is 0 Å². The van der Waals surface area contributed by atoms with Crippen molar-refractivity contribution in [2.75, 3.05) is 0 Å². The number of hydrogen-bond acceptors (Lipinski definition) is 2. The first-order chi connectivity index (χ1) is 14.5. The van der Waals surface area contributed by atoms with Crippen molar-refractivity contribution in [1.82, 2.24) is 0 Å². The van der Waals surface area contributed by atoms with Crippen molar-refractivity contribution in [1.29, 1.82) is 0 Å². The van der Waals surface area contributed by atoms with E-state index in [-0.39, 0.29) is 17.2 Å². The monoisotopic (exact) mass is 456 g/mol. The van der Waals surface area contributed by atoms with E-state index in [2.05, 4.69) is 54.6 Å². The van der Waals surface area contributed by atoms with Crippen molar-refractivity contribution in [3.8, 4) is 0 Å². The lowest BCUT2D eigenvalue weighted by Gasteiger charge is -2.41. The average molecular weight is 457 g/mol. The van der Waals surface area contributed by atoms with Crippen LogP contribution in [0, 0.1) is 5.92 Å². The molecule has 0 unspecified atom stereocenters. The summed E-state index contributed by atoms with van der Waals surface area (Å²) in [6.45, 7) is 18.6. The van der Waals surface area contributed by atoms with E-state index < -0.39 is 8.32 Å². The van der Waals surface area contributed by atoms with Crippen LogP contribution in [0.15, 0.2) is 0 Å². The lowest BCUT2D eigenvalue weighted by atomic mass is 9.92. The largest absolute Gasteiger partial charge is 0.414 e. The standard InChI is InChI=1S/C28H60O2Si/c1-9-11-13-15-16-17-18-19-21-23-26(29)24-27(25(3)22-20-14-12-10-2)30-31(7,8)28(4,5)6/h25-27,29H,9-24H2,1-8H3/t25-,26+,27-/m0/s1. The van der Waals surface area contributed by atoms with Gasteiger partial charge >= 0.3 is 0 Å². The molecule has 3 heteroatoms. The zero-order chi connectivity index (χ0) is 23.8. The highest BCUT2D eigenvalue weighted by atomic mass is 28.4. The molecule has 0 bridgehead atoms. The molecule has 0 rings (SSSR count). The van der Waals surface area contributed by atoms with E-state index in [1.54, 1.807) is 0 Å². The minimum Gasteiger partial charge on any atom is -0.414 e. The summed E-state index contributed by atoms with van der Waals surface area (Å²) in [5, 5.41) is 11.0. The van der Waals surface area contributed by atoms with E-state index in [0.717, 1.165) is 19.3 Å². The summed E-state index contributed by atoms with van der Waals surface area (Å²) in [5.74, 6) is 0.531. The molecule has 0 amide bonds. The van der Waals surface area contributed by atoms with Crippen molar-refractivity contribution in [2.24, 2.45) is 5.92 Å². The Morgan fingerprint density at radius 1 is 0.710 bits per heavy atom. The van der Waals surface area contributed by atoms with E-state index in [9.17, 15) is 5.11 Å². The van der Waals surface area contributed by atoms with Crippen molar-refractivity contribution < 1.29 is 9.53 Å². The quantitative estimate of drug-likeness (QED) is 0.146. The summed E-state index contributed by atoms with van der Waals surface area (Å²) in [7, 11) is -1.83. The summed E-state index contributed by atoms with van der Waals surface area (Å²) in [5.41, 5.74) is 0. The summed E-state index contributed by atoms with van der Waals surface area (Å²) in [6.07, 6.45) is 20.3. The molecule has 0 aromatic heterocycles. The van der Waals surface area contributed by atoms with Gasteiger partial charge in [0, 0.05) is 0 Å². The maximum atomic E-state index is 10.8. The molecule has 0 aliphatic carbocycles. The van der Waals surface area contributed by atoms with Gasteiger partial charge in [-0.15, -0.1) is 0 Å². The molecule has 0 radical (unpaired) electrons. The Morgan fingerprint density at radius 2 is 1.13 bits per heavy atom. The van der Waals surface area contributed by atoms with Gasteiger partial charge in [0.1, 0.15) is 0 Å². The molecule has 2 nitrogen and oxygen atoms in total. The Kier molecular flexibility index (Phi) is 17.7. The zero-order valence-electron chi connectivity index (χ0n) is 22.9. The number of hydrogen-bond donors (Lipinski definition) is 1. The van der Waals surface area contributed by atoms with Crippen molar-refractivity contribution in [3.05, 3.63) is 0 Å². The van der Waals surface area contributed by atoms with Crippen molar-refractivity contribution >= 4 is 8.32 Å². The predicted molar refractivity (Wildman–Crippen MR) is 142 cm³/mol. The van der Waals surface area contributed by atoms with Gasteiger partial charge in [0.25, 0.3) is 0 Å². The van der Waals surface area contributed by atoms with Gasteiger partial charge in [-0.3, -0.25) is 0 Å². The second kappa shape index (κ2) is 17.6. The Hall–Kier alpha value is 0.137. The van der Waals surface area contributed by atoms with Gasteiger partial charge in [-0.05, 0) is 43.3 Å². The smallest absolute Gasteiger partial charge is 0.192 e. The Bertz CT molecular complexity index is 402. The zero-order valence-corrected chi connectivity index (χ0v) is 23.9. The van der Waals surface area contributed by atoms with Crippen LogP contribution in [0.5, 0.6) is 0 Å². The second-order valence-electron chi connectivity index (χ2n) is 11.7. The fourth-order valence-electron chi connectivity index (χ4n) is 4.11. The number of rotatable bonds is 20. The van der Waals surface area contributed by atoms with E-state index in [0.29, 0.717) is 5.92 Å². The molecule has 0 aliphatic rings. The first kappa shape index (κ1) is 31.1. The SMILES string of the molecule is CCCCCCCCCCC[C@@H](O)C[C@H](O[Si](C)(C)C(C)(C)C)[C@@H](C)CCCCCC. The topological polar surface area (TPSA) is 29.5 Å². The molecule has 0 aromatic carbocycles. The third-order valence-corrected chi connectivity index (χ3v) is 12.0. The highest BCUT2D eigenvalue weighted by Crippen LogP contribution is 2.39. The minimum atomic E-state index is -1.83. The van der Waals surface area contributed by atoms with Crippen LogP contribution in [0.4, 0.5) is 0 Å². The normalized spacial score (nSPS) is 15.8. The third-order valence-electron chi connectivity index (χ3n) is 7.55. The Morgan fingerprint density at radius 3 is 1.61 bits per heavy atom. The van der Waals surface area contributed by atoms with Crippen LogP contribution in [-0.4, -0.2) is 25.6 Å². The highest BCUT2D eigenvalue weighted by Gasteiger charge is 2.40. The van der Waals surface area contributed by atoms with Gasteiger partial charge in [0.15, 0.2) is 8.32 Å². The van der Waals surface area contributed by atoms with Gasteiger partial charge in [-0.25, -0.2) is 0 Å². The van der Waals surface area contributed by atoms with E-state index in [4.69, 9.17) is 4.43 Å². The highest BCUT2D eigenvalue weighted by molar-refractivity contribution is 6.74. The molecule has 0 spiro atoms. The molecular weight excluding hydrogens is 396 g/mol. The molecule has 188 valence electrons. The first-order valence-corrected chi connectivity index (χ1v) is 16.8. The molecule has 0 saturated heterocycles. The molecule has 0 fully saturated rings. The summed E-state index contributed by atoms with van der Waals surface area (Å²) in [4.78, 5) is 0. The summed E-state index contributed by atoms with van der Waals surface area (Å²) >= 11 is 0. The lowest BCUT2D eigenvalue weighted by Crippen LogP contribution is -2.46. The molecule has 31 heavy (non-hydrogen) atoms. The van der Waals surface area contributed by atoms with Crippen LogP contribution in [0.2, 0.25) is 18.1 Å². The van der Waals surface area contributed by atoms with Crippen LogP contribution in [0.3, 0.4) is 0 Å². The fourth-order valence-corrected chi connectivity index (χ4v) is 5.55. The average Bonchev–Trinajstić information content (AvgIpc) is 2.68. The van der Waals surface area contributed by atoms with Gasteiger partial charge in [0.2, 0.25) is 0 Å². The van der Waals surface area contributed by atoms with Crippen LogP contribution in [0.1, 0.15) is 144 Å². The van der Waals surface area contributed by atoms with Crippen LogP contribution in [0.25, 0.3) is 0 Å². The summed E-state index contributed by atoms with van der Waals surface area (Å²) in [6, 6.07) is 0. The number of unbranched alkanes of at least 4 members (excludes halogenated alkanes) is 11. The van der Waals surface area contributed by atoms with Gasteiger partial charge in [-0.2, -0.15) is 0 Å². The third kappa shape index (κ3) is 15.6. The molecule has 0 aliphatic heterocycles. The number of aliphatic hydroxyl groups is 1. The maximum absolute atomic E-state index is 10.8. The molecule has 0 aromatic rings. The summed E-state index contributed by atoms with van der Waals surface area (Å²) < 4.78 is 6.86. The molecular formula is C28H60O2Si. The van der Waals surface area contributed by atoms with Crippen LogP contribution in [-0.2, 0) is 4.43 Å². The lowest BCUT2D eigenvalue weighted by molar-refractivity contribution is 0.0480. The van der Waals surface area contributed by atoms with Gasteiger partial charge < -0.3 is 9.53 Å². The predicted octanol–water partition coefficient (Wildman–Crippen LogP) is 9.66. The maximum Gasteiger partial charge on any atom is 0.192 e. The van der Waals surface area contributed by atoms with Gasteiger partial charge in [0.05, 0.1) is 12.2 Å². The fraction of sp³-hybridized carbons (Fsp3) is 1.00. The van der Waals surface area contributed by atoms with Crippen LogP contribution >= 0.6 is 0 Å². The van der Waals surface area contributed by atoms with Crippen molar-refractivity contribution in [2.45, 2.75) is 175 Å². The van der Waals surface area contributed by atoms with Gasteiger partial charge in [-0.1, -0.05) is 125 Å². The Balaban J connectivity index is 4.46. The Labute approximate surface area is 198 Å². The molecule has 1 N–H and O–H groups in total. The minimum absolute atomic E-state index is 0.205. The first-order valence-electron chi connectivity index (χ1n) is 13.9. The van der Waals surface area contributed by atoms with Crippen LogP contribution < -0.4 is 0 Å². The molecule has 0 saturated carbocycles. The van der Waals surface area contributed by atoms with E-state index >= 15 is 0 Å². The molecule has 3 atom stereocenters. The second-order valence-corrected chi connectivity index (χ2v) is 16.5. The van der Waals surface area contributed by atoms with E-state index in [1.165, 1.54) is 83.5 Å². The molecule has 0 heterocycles.